The molecule has 0 radical (unpaired) electrons. The number of amides is 1. The maximum absolute atomic E-state index is 12.1. The van der Waals surface area contributed by atoms with Gasteiger partial charge in [-0.3, -0.25) is 9.59 Å². The van der Waals surface area contributed by atoms with Crippen molar-refractivity contribution in [3.8, 4) is 0 Å². The topological polar surface area (TPSA) is 66.4 Å². The van der Waals surface area contributed by atoms with Crippen LogP contribution in [0.3, 0.4) is 0 Å². The Kier molecular flexibility index (Phi) is 4.51. The van der Waals surface area contributed by atoms with Crippen LogP contribution in [0.2, 0.25) is 0 Å². The molecule has 0 spiro atoms. The summed E-state index contributed by atoms with van der Waals surface area (Å²) in [7, 11) is 0. The van der Waals surface area contributed by atoms with Gasteiger partial charge in [0.25, 0.3) is 0 Å². The van der Waals surface area contributed by atoms with Gasteiger partial charge in [0.1, 0.15) is 0 Å². The molecule has 4 nitrogen and oxygen atoms in total. The molecule has 1 amide bonds. The summed E-state index contributed by atoms with van der Waals surface area (Å²) in [5, 5.41) is 12.3. The summed E-state index contributed by atoms with van der Waals surface area (Å²) in [4.78, 5) is 23.4. The first kappa shape index (κ1) is 14.9. The van der Waals surface area contributed by atoms with E-state index in [1.165, 1.54) is 25.7 Å². The van der Waals surface area contributed by atoms with Crippen LogP contribution in [-0.2, 0) is 9.59 Å². The van der Waals surface area contributed by atoms with Crippen molar-refractivity contribution in [1.82, 2.24) is 5.32 Å². The van der Waals surface area contributed by atoms with Crippen LogP contribution in [0.5, 0.6) is 0 Å². The molecule has 3 fully saturated rings. The highest BCUT2D eigenvalue weighted by atomic mass is 16.4. The maximum Gasteiger partial charge on any atom is 0.306 e. The molecule has 0 heterocycles. The zero-order chi connectivity index (χ0) is 14.8. The summed E-state index contributed by atoms with van der Waals surface area (Å²) >= 11 is 0. The third-order valence-corrected chi connectivity index (χ3v) is 6.12. The lowest BCUT2D eigenvalue weighted by Crippen LogP contribution is -2.38. The molecule has 0 aromatic rings. The van der Waals surface area contributed by atoms with Crippen LogP contribution in [0.4, 0.5) is 0 Å². The number of carboxylic acid groups (broad SMARTS) is 1. The van der Waals surface area contributed by atoms with Crippen LogP contribution in [-0.4, -0.2) is 23.5 Å². The normalized spacial score (nSPS) is 38.4. The third-order valence-electron chi connectivity index (χ3n) is 6.12. The average molecular weight is 293 g/mol. The highest BCUT2D eigenvalue weighted by Gasteiger charge is 2.40. The van der Waals surface area contributed by atoms with Gasteiger partial charge in [0.05, 0.1) is 5.92 Å². The first-order valence-electron chi connectivity index (χ1n) is 8.63. The molecular weight excluding hydrogens is 266 g/mol. The van der Waals surface area contributed by atoms with Crippen molar-refractivity contribution in [2.45, 2.75) is 57.8 Å². The van der Waals surface area contributed by atoms with Crippen molar-refractivity contribution in [3.63, 3.8) is 0 Å². The molecule has 118 valence electrons. The van der Waals surface area contributed by atoms with Crippen molar-refractivity contribution in [2.24, 2.45) is 29.6 Å². The number of carbonyl (C=O) groups is 2. The lowest BCUT2D eigenvalue weighted by Gasteiger charge is -2.29. The Hall–Kier alpha value is -1.06. The van der Waals surface area contributed by atoms with Crippen LogP contribution in [0.15, 0.2) is 0 Å². The minimum Gasteiger partial charge on any atom is -0.481 e. The van der Waals surface area contributed by atoms with E-state index in [2.05, 4.69) is 5.32 Å². The van der Waals surface area contributed by atoms with E-state index in [1.807, 2.05) is 0 Å². The van der Waals surface area contributed by atoms with Gasteiger partial charge in [0.15, 0.2) is 0 Å². The van der Waals surface area contributed by atoms with Gasteiger partial charge in [0, 0.05) is 13.0 Å². The minimum atomic E-state index is -0.693. The fraction of sp³-hybridized carbons (Fsp3) is 0.882. The molecule has 5 atom stereocenters. The maximum atomic E-state index is 12.1. The van der Waals surface area contributed by atoms with Crippen LogP contribution in [0.25, 0.3) is 0 Å². The molecule has 2 bridgehead atoms. The van der Waals surface area contributed by atoms with Gasteiger partial charge in [-0.2, -0.15) is 0 Å². The van der Waals surface area contributed by atoms with Gasteiger partial charge in [-0.1, -0.05) is 19.3 Å². The van der Waals surface area contributed by atoms with Gasteiger partial charge >= 0.3 is 5.97 Å². The quantitative estimate of drug-likeness (QED) is 0.819. The van der Waals surface area contributed by atoms with E-state index in [0.29, 0.717) is 18.9 Å². The van der Waals surface area contributed by atoms with E-state index >= 15 is 0 Å². The van der Waals surface area contributed by atoms with Crippen molar-refractivity contribution in [1.29, 1.82) is 0 Å². The first-order chi connectivity index (χ1) is 10.1. The number of rotatable bonds is 5. The van der Waals surface area contributed by atoms with Gasteiger partial charge in [-0.15, -0.1) is 0 Å². The Morgan fingerprint density at radius 3 is 2.48 bits per heavy atom. The zero-order valence-corrected chi connectivity index (χ0v) is 12.7. The predicted octanol–water partition coefficient (Wildman–Crippen LogP) is 2.82. The van der Waals surface area contributed by atoms with Crippen LogP contribution < -0.4 is 5.32 Å². The predicted molar refractivity (Wildman–Crippen MR) is 79.6 cm³/mol. The highest BCUT2D eigenvalue weighted by molar-refractivity contribution is 5.76. The Labute approximate surface area is 126 Å². The summed E-state index contributed by atoms with van der Waals surface area (Å²) in [6.45, 7) is 0.552. The molecule has 3 aliphatic rings. The molecular formula is C17H27NO3. The minimum absolute atomic E-state index is 0.125. The number of fused-ring (bicyclic) bond motifs is 2. The first-order valence-corrected chi connectivity index (χ1v) is 8.63. The molecule has 3 aliphatic carbocycles. The lowest BCUT2D eigenvalue weighted by atomic mass is 9.79. The molecule has 4 heteroatoms. The number of nitrogens with one attached hydrogen (secondary N) is 1. The van der Waals surface area contributed by atoms with Crippen molar-refractivity contribution in [2.75, 3.05) is 6.54 Å². The zero-order valence-electron chi connectivity index (χ0n) is 12.7. The van der Waals surface area contributed by atoms with Crippen molar-refractivity contribution < 1.29 is 14.7 Å². The number of carboxylic acids is 1. The van der Waals surface area contributed by atoms with Gasteiger partial charge in [-0.25, -0.2) is 0 Å². The molecule has 3 saturated carbocycles. The molecule has 0 saturated heterocycles. The highest BCUT2D eigenvalue weighted by Crippen LogP contribution is 2.49. The summed E-state index contributed by atoms with van der Waals surface area (Å²) in [6.07, 6.45) is 9.71. The van der Waals surface area contributed by atoms with E-state index in [9.17, 15) is 14.7 Å². The second-order valence-electron chi connectivity index (χ2n) is 7.43. The summed E-state index contributed by atoms with van der Waals surface area (Å²) in [5.74, 6) is 1.56. The molecule has 0 aliphatic heterocycles. The largest absolute Gasteiger partial charge is 0.481 e. The van der Waals surface area contributed by atoms with Crippen molar-refractivity contribution >= 4 is 11.9 Å². The van der Waals surface area contributed by atoms with E-state index in [-0.39, 0.29) is 17.7 Å². The lowest BCUT2D eigenvalue weighted by molar-refractivity contribution is -0.145. The monoisotopic (exact) mass is 293 g/mol. The number of aliphatic carboxylic acids is 1. The fourth-order valence-corrected chi connectivity index (χ4v) is 4.96. The Morgan fingerprint density at radius 1 is 1.00 bits per heavy atom. The Balaban J connectivity index is 1.43. The third kappa shape index (κ3) is 3.41. The van der Waals surface area contributed by atoms with Crippen LogP contribution in [0.1, 0.15) is 57.8 Å². The number of hydrogen-bond donors (Lipinski definition) is 2. The van der Waals surface area contributed by atoms with E-state index < -0.39 is 5.97 Å². The van der Waals surface area contributed by atoms with E-state index in [1.54, 1.807) is 0 Å². The second kappa shape index (κ2) is 6.37. The number of carbonyl (C=O) groups excluding carboxylic acids is 1. The van der Waals surface area contributed by atoms with Gasteiger partial charge in [-0.05, 0) is 55.8 Å². The Bertz CT molecular complexity index is 409. The molecule has 2 N–H and O–H groups in total. The summed E-state index contributed by atoms with van der Waals surface area (Å²) in [5.41, 5.74) is 0. The second-order valence-corrected chi connectivity index (χ2v) is 7.43. The Morgan fingerprint density at radius 2 is 1.81 bits per heavy atom. The average Bonchev–Trinajstić information content (AvgIpc) is 3.08. The summed E-state index contributed by atoms with van der Waals surface area (Å²) in [6, 6.07) is 0. The molecule has 3 rings (SSSR count). The SMILES string of the molecule is O=C(CC1CC2CCC1C2)NCC1CCCCC1C(=O)O. The van der Waals surface area contributed by atoms with Crippen LogP contribution in [0, 0.1) is 29.6 Å². The van der Waals surface area contributed by atoms with E-state index in [4.69, 9.17) is 0 Å². The smallest absolute Gasteiger partial charge is 0.306 e. The molecule has 5 unspecified atom stereocenters. The van der Waals surface area contributed by atoms with E-state index in [0.717, 1.165) is 37.5 Å². The molecule has 21 heavy (non-hydrogen) atoms. The summed E-state index contributed by atoms with van der Waals surface area (Å²) < 4.78 is 0. The molecule has 0 aromatic carbocycles. The van der Waals surface area contributed by atoms with Gasteiger partial charge < -0.3 is 10.4 Å². The number of hydrogen-bond acceptors (Lipinski definition) is 2. The van der Waals surface area contributed by atoms with Gasteiger partial charge in [0.2, 0.25) is 5.91 Å². The standard InChI is InChI=1S/C17H27NO3/c19-16(9-14-8-11-5-6-12(14)7-11)18-10-13-3-1-2-4-15(13)17(20)21/h11-15H,1-10H2,(H,18,19)(H,20,21). The fourth-order valence-electron chi connectivity index (χ4n) is 4.96. The van der Waals surface area contributed by atoms with Crippen LogP contribution >= 0.6 is 0 Å². The molecule has 0 aromatic heterocycles. The van der Waals surface area contributed by atoms with Crippen molar-refractivity contribution in [3.05, 3.63) is 0 Å².